The van der Waals surface area contributed by atoms with E-state index < -0.39 is 0 Å². The smallest absolute Gasteiger partial charge is 0.206 e. The van der Waals surface area contributed by atoms with Crippen LogP contribution in [-0.2, 0) is 9.53 Å². The lowest BCUT2D eigenvalue weighted by Crippen LogP contribution is -2.36. The number of rotatable bonds is 5. The molecule has 2 rings (SSSR count). The number of fused-ring (bicyclic) bond motifs is 2. The highest BCUT2D eigenvalue weighted by molar-refractivity contribution is 8.15. The summed E-state index contributed by atoms with van der Waals surface area (Å²) in [5.74, 6) is 0.979. The molecule has 2 unspecified atom stereocenters. The number of methoxy groups -OCH3 is 1. The fraction of sp³-hybridized carbons (Fsp3) is 0.643. The van der Waals surface area contributed by atoms with E-state index in [1.807, 2.05) is 0 Å². The van der Waals surface area contributed by atoms with Gasteiger partial charge < -0.3 is 10.1 Å². The van der Waals surface area contributed by atoms with Crippen LogP contribution >= 0.6 is 11.8 Å². The molecular weight excluding hydrogens is 246 g/mol. The van der Waals surface area contributed by atoms with Crippen LogP contribution in [0.3, 0.4) is 0 Å². The molecule has 0 aromatic rings. The van der Waals surface area contributed by atoms with E-state index in [9.17, 15) is 4.79 Å². The van der Waals surface area contributed by atoms with Crippen molar-refractivity contribution in [2.45, 2.75) is 43.9 Å². The van der Waals surface area contributed by atoms with Gasteiger partial charge in [-0.2, -0.15) is 0 Å². The normalized spacial score (nSPS) is 32.2. The average Bonchev–Trinajstić information content (AvgIpc) is 2.92. The Morgan fingerprint density at radius 2 is 2.39 bits per heavy atom. The van der Waals surface area contributed by atoms with Gasteiger partial charge >= 0.3 is 0 Å². The standard InChI is InChI=1S/C14H21NO2S/c1-4-6-10(7-11(5-2)17-3)14-8-12(15-9-14)13(16)18-14/h6-7,12,15H,4-5,8-9H2,1-3H3/b10-6+,11-7+. The molecule has 0 aromatic carbocycles. The first-order chi connectivity index (χ1) is 8.65. The Morgan fingerprint density at radius 1 is 1.61 bits per heavy atom. The van der Waals surface area contributed by atoms with Crippen molar-refractivity contribution in [1.29, 1.82) is 0 Å². The second-order valence-electron chi connectivity index (χ2n) is 4.79. The van der Waals surface area contributed by atoms with E-state index in [1.54, 1.807) is 7.11 Å². The minimum atomic E-state index is -0.0588. The molecule has 18 heavy (non-hydrogen) atoms. The van der Waals surface area contributed by atoms with Gasteiger partial charge in [-0.15, -0.1) is 0 Å². The van der Waals surface area contributed by atoms with Crippen LogP contribution in [0.1, 0.15) is 33.1 Å². The first-order valence-electron chi connectivity index (χ1n) is 6.56. The number of thioether (sulfide) groups is 1. The summed E-state index contributed by atoms with van der Waals surface area (Å²) in [6.07, 6.45) is 7.12. The number of ether oxygens (including phenoxy) is 1. The Balaban J connectivity index is 2.29. The van der Waals surface area contributed by atoms with Gasteiger partial charge in [-0.3, -0.25) is 4.79 Å². The summed E-state index contributed by atoms with van der Waals surface area (Å²) in [5.41, 5.74) is 1.24. The minimum absolute atomic E-state index is 0.0521. The molecule has 100 valence electrons. The second kappa shape index (κ2) is 5.49. The summed E-state index contributed by atoms with van der Waals surface area (Å²) in [4.78, 5) is 11.8. The SMILES string of the molecule is CC/C=C(\C=C(/CC)OC)C12CNC(C1)C(=O)S2. The largest absolute Gasteiger partial charge is 0.501 e. The zero-order chi connectivity index (χ0) is 13.2. The number of allylic oxidation sites excluding steroid dienone is 3. The molecule has 0 spiro atoms. The van der Waals surface area contributed by atoms with E-state index in [-0.39, 0.29) is 15.9 Å². The molecule has 2 aliphatic rings. The molecule has 0 saturated carbocycles. The molecule has 2 heterocycles. The van der Waals surface area contributed by atoms with Crippen molar-refractivity contribution in [1.82, 2.24) is 5.32 Å². The maximum Gasteiger partial charge on any atom is 0.206 e. The molecule has 0 radical (unpaired) electrons. The van der Waals surface area contributed by atoms with Crippen molar-refractivity contribution >= 4 is 16.9 Å². The second-order valence-corrected chi connectivity index (χ2v) is 6.18. The Morgan fingerprint density at radius 3 is 2.83 bits per heavy atom. The van der Waals surface area contributed by atoms with Crippen LogP contribution in [0.2, 0.25) is 0 Å². The highest BCUT2D eigenvalue weighted by Crippen LogP contribution is 2.49. The van der Waals surface area contributed by atoms with Gasteiger partial charge in [0.25, 0.3) is 0 Å². The van der Waals surface area contributed by atoms with E-state index in [0.29, 0.717) is 0 Å². The van der Waals surface area contributed by atoms with Gasteiger partial charge in [0, 0.05) is 13.0 Å². The monoisotopic (exact) mass is 267 g/mol. The number of nitrogens with one attached hydrogen (secondary N) is 1. The van der Waals surface area contributed by atoms with Crippen LogP contribution in [0, 0.1) is 0 Å². The molecule has 2 atom stereocenters. The zero-order valence-electron chi connectivity index (χ0n) is 11.3. The van der Waals surface area contributed by atoms with Gasteiger partial charge in [0.15, 0.2) is 0 Å². The number of carbonyl (C=O) groups is 1. The molecule has 2 aliphatic heterocycles. The summed E-state index contributed by atoms with van der Waals surface area (Å²) in [7, 11) is 1.71. The van der Waals surface area contributed by atoms with E-state index in [2.05, 4.69) is 31.3 Å². The molecule has 0 aliphatic carbocycles. The Kier molecular flexibility index (Phi) is 4.17. The molecule has 1 N–H and O–H groups in total. The Hall–Kier alpha value is -0.740. The topological polar surface area (TPSA) is 38.3 Å². The first-order valence-corrected chi connectivity index (χ1v) is 7.38. The molecule has 2 saturated heterocycles. The maximum absolute atomic E-state index is 11.8. The third-order valence-corrected chi connectivity index (χ3v) is 5.05. The number of hydrogen-bond acceptors (Lipinski definition) is 4. The Bertz CT molecular complexity index is 397. The molecule has 3 nitrogen and oxygen atoms in total. The van der Waals surface area contributed by atoms with Crippen molar-refractivity contribution in [2.24, 2.45) is 0 Å². The van der Waals surface area contributed by atoms with E-state index in [1.165, 1.54) is 17.3 Å². The van der Waals surface area contributed by atoms with Gasteiger partial charge in [-0.05, 0) is 24.5 Å². The minimum Gasteiger partial charge on any atom is -0.501 e. The fourth-order valence-electron chi connectivity index (χ4n) is 2.62. The lowest BCUT2D eigenvalue weighted by atomic mass is 9.93. The lowest BCUT2D eigenvalue weighted by Gasteiger charge is -2.27. The number of carbonyl (C=O) groups excluding carboxylic acids is 1. The summed E-state index contributed by atoms with van der Waals surface area (Å²) in [6.45, 7) is 5.10. The van der Waals surface area contributed by atoms with E-state index in [4.69, 9.17) is 4.74 Å². The van der Waals surface area contributed by atoms with Gasteiger partial charge in [-0.1, -0.05) is 31.7 Å². The average molecular weight is 267 g/mol. The molecular formula is C14H21NO2S. The van der Waals surface area contributed by atoms with E-state index in [0.717, 1.165) is 31.6 Å². The maximum atomic E-state index is 11.8. The number of hydrogen-bond donors (Lipinski definition) is 1. The van der Waals surface area contributed by atoms with Crippen LogP contribution in [-0.4, -0.2) is 29.6 Å². The van der Waals surface area contributed by atoms with Crippen molar-refractivity contribution < 1.29 is 9.53 Å². The first kappa shape index (κ1) is 13.7. The summed E-state index contributed by atoms with van der Waals surface area (Å²) in [6, 6.07) is 0.0521. The Labute approximate surface area is 113 Å². The zero-order valence-corrected chi connectivity index (χ0v) is 12.1. The van der Waals surface area contributed by atoms with Crippen LogP contribution in [0.5, 0.6) is 0 Å². The molecule has 0 amide bonds. The van der Waals surface area contributed by atoms with E-state index >= 15 is 0 Å². The van der Waals surface area contributed by atoms with Gasteiger partial charge in [-0.25, -0.2) is 0 Å². The highest BCUT2D eigenvalue weighted by Gasteiger charge is 2.52. The molecule has 4 heteroatoms. The van der Waals surface area contributed by atoms with Gasteiger partial charge in [0.05, 0.1) is 23.7 Å². The summed E-state index contributed by atoms with van der Waals surface area (Å²) < 4.78 is 5.31. The van der Waals surface area contributed by atoms with Gasteiger partial charge in [0.1, 0.15) is 0 Å². The fourth-order valence-corrected chi connectivity index (χ4v) is 3.98. The highest BCUT2D eigenvalue weighted by atomic mass is 32.2. The summed E-state index contributed by atoms with van der Waals surface area (Å²) >= 11 is 1.50. The third kappa shape index (κ3) is 2.36. The van der Waals surface area contributed by atoms with Crippen LogP contribution < -0.4 is 5.32 Å². The van der Waals surface area contributed by atoms with Crippen molar-refractivity contribution in [3.8, 4) is 0 Å². The predicted octanol–water partition coefficient (Wildman–Crippen LogP) is 2.64. The third-order valence-electron chi connectivity index (χ3n) is 3.63. The quantitative estimate of drug-likeness (QED) is 0.614. The molecule has 2 fully saturated rings. The van der Waals surface area contributed by atoms with Crippen molar-refractivity contribution in [3.63, 3.8) is 0 Å². The van der Waals surface area contributed by atoms with Crippen molar-refractivity contribution in [3.05, 3.63) is 23.5 Å². The predicted molar refractivity (Wildman–Crippen MR) is 75.5 cm³/mol. The summed E-state index contributed by atoms with van der Waals surface area (Å²) in [5, 5.41) is 3.60. The van der Waals surface area contributed by atoms with Gasteiger partial charge in [0.2, 0.25) is 5.12 Å². The van der Waals surface area contributed by atoms with Crippen LogP contribution in [0.15, 0.2) is 23.5 Å². The van der Waals surface area contributed by atoms with Crippen LogP contribution in [0.4, 0.5) is 0 Å². The van der Waals surface area contributed by atoms with Crippen LogP contribution in [0.25, 0.3) is 0 Å². The lowest BCUT2D eigenvalue weighted by molar-refractivity contribution is -0.112. The molecule has 2 bridgehead atoms. The van der Waals surface area contributed by atoms with Crippen molar-refractivity contribution in [2.75, 3.05) is 13.7 Å². The molecule has 0 aromatic heterocycles.